The second kappa shape index (κ2) is 9.05. The van der Waals surface area contributed by atoms with Crippen LogP contribution in [0.3, 0.4) is 0 Å². The van der Waals surface area contributed by atoms with Crippen molar-refractivity contribution >= 4 is 34.3 Å². The van der Waals surface area contributed by atoms with Crippen molar-refractivity contribution in [1.82, 2.24) is 19.7 Å². The second-order valence-corrected chi connectivity index (χ2v) is 10.9. The fourth-order valence-electron chi connectivity index (χ4n) is 6.40. The van der Waals surface area contributed by atoms with E-state index in [2.05, 4.69) is 30.1 Å². The van der Waals surface area contributed by atoms with Crippen LogP contribution in [-0.2, 0) is 9.53 Å². The molecule has 3 unspecified atom stereocenters. The number of nitrogens with zero attached hydrogens (tertiary/aromatic N) is 5. The summed E-state index contributed by atoms with van der Waals surface area (Å²) < 4.78 is 7.05. The molecular weight excluding hydrogens is 454 g/mol. The lowest BCUT2D eigenvalue weighted by Crippen LogP contribution is -2.47. The van der Waals surface area contributed by atoms with Gasteiger partial charge in [0.25, 0.3) is 0 Å². The maximum atomic E-state index is 12.7. The molecule has 2 aliphatic carbocycles. The highest BCUT2D eigenvalue weighted by atomic mass is 16.5. The Morgan fingerprint density at radius 1 is 1.14 bits per heavy atom. The second-order valence-electron chi connectivity index (χ2n) is 10.9. The Labute approximate surface area is 212 Å². The molecule has 0 radical (unpaired) electrons. The van der Waals surface area contributed by atoms with Gasteiger partial charge < -0.3 is 14.5 Å². The number of rotatable bonds is 4. The van der Waals surface area contributed by atoms with Crippen LogP contribution >= 0.6 is 0 Å². The number of allylic oxidation sites excluding steroid dienone is 4. The number of esters is 1. The van der Waals surface area contributed by atoms with Crippen LogP contribution in [0.5, 0.6) is 0 Å². The molecule has 2 aromatic heterocycles. The molecule has 0 spiro atoms. The SMILES string of the molecule is COC(=O)c1cc(N2CCC3C(CCN3C(C)=O)C2)c2c(C3CCC3)nn(C3=CCC(C)C=C3)c2n1. The lowest BCUT2D eigenvalue weighted by Gasteiger charge is -2.39. The van der Waals surface area contributed by atoms with Gasteiger partial charge in [0.2, 0.25) is 5.91 Å². The molecule has 1 saturated carbocycles. The van der Waals surface area contributed by atoms with Crippen LogP contribution in [0.25, 0.3) is 16.7 Å². The summed E-state index contributed by atoms with van der Waals surface area (Å²) in [7, 11) is 1.40. The summed E-state index contributed by atoms with van der Waals surface area (Å²) in [4.78, 5) is 34.2. The molecule has 8 heteroatoms. The molecule has 6 rings (SSSR count). The molecule has 4 aliphatic rings. The third-order valence-corrected chi connectivity index (χ3v) is 8.65. The number of pyridine rings is 1. The minimum atomic E-state index is -0.434. The van der Waals surface area contributed by atoms with E-state index in [1.54, 1.807) is 6.92 Å². The number of anilines is 1. The summed E-state index contributed by atoms with van der Waals surface area (Å²) in [5.74, 6) is 1.09. The average molecular weight is 490 g/mol. The van der Waals surface area contributed by atoms with E-state index in [1.165, 1.54) is 13.5 Å². The lowest BCUT2D eigenvalue weighted by atomic mass is 9.81. The van der Waals surface area contributed by atoms with E-state index in [4.69, 9.17) is 14.8 Å². The van der Waals surface area contributed by atoms with Crippen LogP contribution in [0.4, 0.5) is 5.69 Å². The maximum absolute atomic E-state index is 12.7. The highest BCUT2D eigenvalue weighted by molar-refractivity contribution is 5.99. The van der Waals surface area contributed by atoms with Crippen molar-refractivity contribution in [3.05, 3.63) is 35.7 Å². The van der Waals surface area contributed by atoms with Crippen molar-refractivity contribution in [1.29, 1.82) is 0 Å². The molecule has 0 N–H and O–H groups in total. The van der Waals surface area contributed by atoms with Gasteiger partial charge in [-0.15, -0.1) is 0 Å². The van der Waals surface area contributed by atoms with Crippen LogP contribution < -0.4 is 4.90 Å². The number of piperidine rings is 1. The van der Waals surface area contributed by atoms with Gasteiger partial charge in [-0.1, -0.05) is 25.5 Å². The number of likely N-dealkylation sites (tertiary alicyclic amines) is 1. The number of hydrogen-bond donors (Lipinski definition) is 0. The van der Waals surface area contributed by atoms with Gasteiger partial charge in [0.05, 0.1) is 29.6 Å². The highest BCUT2D eigenvalue weighted by Gasteiger charge is 2.40. The Bertz CT molecular complexity index is 1270. The Kier molecular flexibility index (Phi) is 5.85. The number of methoxy groups -OCH3 is 1. The summed E-state index contributed by atoms with van der Waals surface area (Å²) in [5.41, 5.74) is 4.19. The van der Waals surface area contributed by atoms with Gasteiger partial charge in [0.15, 0.2) is 11.3 Å². The number of amides is 1. The van der Waals surface area contributed by atoms with Gasteiger partial charge in [-0.05, 0) is 56.1 Å². The average Bonchev–Trinajstić information content (AvgIpc) is 3.44. The largest absolute Gasteiger partial charge is 0.464 e. The van der Waals surface area contributed by atoms with Crippen molar-refractivity contribution in [3.63, 3.8) is 0 Å². The van der Waals surface area contributed by atoms with Crippen molar-refractivity contribution < 1.29 is 14.3 Å². The first-order chi connectivity index (χ1) is 17.4. The normalized spacial score (nSPS) is 26.1. The number of fused-ring (bicyclic) bond motifs is 2. The van der Waals surface area contributed by atoms with E-state index >= 15 is 0 Å². The van der Waals surface area contributed by atoms with E-state index in [-0.39, 0.29) is 5.91 Å². The molecule has 2 saturated heterocycles. The van der Waals surface area contributed by atoms with Crippen molar-refractivity contribution in [2.45, 2.75) is 64.3 Å². The molecule has 3 atom stereocenters. The van der Waals surface area contributed by atoms with Crippen molar-refractivity contribution in [2.75, 3.05) is 31.6 Å². The first kappa shape index (κ1) is 23.3. The maximum Gasteiger partial charge on any atom is 0.356 e. The minimum absolute atomic E-state index is 0.173. The Balaban J connectivity index is 1.48. The van der Waals surface area contributed by atoms with Gasteiger partial charge in [-0.2, -0.15) is 5.10 Å². The molecule has 8 nitrogen and oxygen atoms in total. The van der Waals surface area contributed by atoms with Crippen LogP contribution in [-0.4, -0.2) is 64.3 Å². The third kappa shape index (κ3) is 3.82. The number of ether oxygens (including phenoxy) is 1. The summed E-state index contributed by atoms with van der Waals surface area (Å²) in [6, 6.07) is 2.22. The van der Waals surface area contributed by atoms with Gasteiger partial charge in [-0.25, -0.2) is 14.5 Å². The molecule has 0 aromatic carbocycles. The Morgan fingerprint density at radius 2 is 1.97 bits per heavy atom. The van der Waals surface area contributed by atoms with Crippen LogP contribution in [0.2, 0.25) is 0 Å². The fraction of sp³-hybridized carbons (Fsp3) is 0.571. The number of hydrogen-bond acceptors (Lipinski definition) is 6. The van der Waals surface area contributed by atoms with Crippen LogP contribution in [0.1, 0.15) is 74.5 Å². The first-order valence-corrected chi connectivity index (χ1v) is 13.4. The fourth-order valence-corrected chi connectivity index (χ4v) is 6.40. The summed E-state index contributed by atoms with van der Waals surface area (Å²) in [6.45, 7) is 6.42. The zero-order valence-electron chi connectivity index (χ0n) is 21.4. The first-order valence-electron chi connectivity index (χ1n) is 13.4. The number of carbonyl (C=O) groups is 2. The molecule has 1 amide bonds. The van der Waals surface area contributed by atoms with E-state index < -0.39 is 5.97 Å². The molecule has 2 aliphatic heterocycles. The third-order valence-electron chi connectivity index (χ3n) is 8.65. The van der Waals surface area contributed by atoms with Crippen molar-refractivity contribution in [3.8, 4) is 0 Å². The molecule has 4 heterocycles. The van der Waals surface area contributed by atoms with E-state index in [0.717, 1.165) is 79.9 Å². The topological polar surface area (TPSA) is 80.6 Å². The molecular formula is C28H35N5O3. The summed E-state index contributed by atoms with van der Waals surface area (Å²) >= 11 is 0. The summed E-state index contributed by atoms with van der Waals surface area (Å²) in [6.07, 6.45) is 12.9. The summed E-state index contributed by atoms with van der Waals surface area (Å²) in [5, 5.41) is 6.22. The van der Waals surface area contributed by atoms with Gasteiger partial charge in [0.1, 0.15) is 0 Å². The van der Waals surface area contributed by atoms with Gasteiger partial charge in [-0.3, -0.25) is 4.79 Å². The molecule has 36 heavy (non-hydrogen) atoms. The Morgan fingerprint density at radius 3 is 2.64 bits per heavy atom. The molecule has 190 valence electrons. The lowest BCUT2D eigenvalue weighted by molar-refractivity contribution is -0.130. The van der Waals surface area contributed by atoms with E-state index in [1.807, 2.05) is 15.6 Å². The minimum Gasteiger partial charge on any atom is -0.464 e. The Hall–Kier alpha value is -3.16. The zero-order chi connectivity index (χ0) is 25.0. The molecule has 2 aromatic rings. The molecule has 3 fully saturated rings. The highest BCUT2D eigenvalue weighted by Crippen LogP contribution is 2.44. The number of carbonyl (C=O) groups excluding carboxylic acids is 2. The monoisotopic (exact) mass is 489 g/mol. The van der Waals surface area contributed by atoms with Crippen molar-refractivity contribution in [2.24, 2.45) is 11.8 Å². The quantitative estimate of drug-likeness (QED) is 0.594. The van der Waals surface area contributed by atoms with Crippen LogP contribution in [0, 0.1) is 11.8 Å². The van der Waals surface area contributed by atoms with E-state index in [9.17, 15) is 9.59 Å². The smallest absolute Gasteiger partial charge is 0.356 e. The zero-order valence-corrected chi connectivity index (χ0v) is 21.4. The van der Waals surface area contributed by atoms with Gasteiger partial charge >= 0.3 is 5.97 Å². The predicted octanol–water partition coefficient (Wildman–Crippen LogP) is 4.37. The molecule has 0 bridgehead atoms. The van der Waals surface area contributed by atoms with E-state index in [0.29, 0.717) is 29.5 Å². The predicted molar refractivity (Wildman–Crippen MR) is 139 cm³/mol. The van der Waals surface area contributed by atoms with Crippen LogP contribution in [0.15, 0.2) is 24.3 Å². The number of aromatic nitrogens is 3. The standard InChI is InChI=1S/C28H35N5O3/c1-17-7-9-21(10-8-17)33-27-25(26(30-33)19-5-4-6-19)24(15-22(29-27)28(35)36-3)31-13-12-23-20(16-31)11-14-32(23)18(2)34/h7,9-10,15,17,19-20,23H,4-6,8,11-14,16H2,1-3H3. The van der Waals surface area contributed by atoms with Gasteiger partial charge in [0, 0.05) is 38.5 Å².